The van der Waals surface area contributed by atoms with E-state index in [4.69, 9.17) is 49.2 Å². The van der Waals surface area contributed by atoms with Crippen molar-refractivity contribution < 1.29 is 52.3 Å². The number of carbonyl (C=O) groups excluding carboxylic acids is 3. The fraction of sp³-hybridized carbons (Fsp3) is 0.605. The third-order valence-electron chi connectivity index (χ3n) is 9.58. The van der Waals surface area contributed by atoms with Gasteiger partial charge in [0.05, 0.1) is 24.6 Å². The molecule has 288 valence electrons. The maximum absolute atomic E-state index is 13.5. The zero-order valence-corrected chi connectivity index (χ0v) is 30.4. The fourth-order valence-electron chi connectivity index (χ4n) is 6.70. The molecule has 3 aliphatic rings. The van der Waals surface area contributed by atoms with Gasteiger partial charge in [-0.15, -0.1) is 0 Å². The third-order valence-corrected chi connectivity index (χ3v) is 9.58. The molecule has 2 aromatic rings. The molecule has 3 fully saturated rings. The molecular weight excluding hydrogens is 688 g/mol. The number of esters is 2. The van der Waals surface area contributed by atoms with Gasteiger partial charge in [-0.3, -0.25) is 4.79 Å². The molecule has 0 aliphatic carbocycles. The number of hydrogen-bond acceptors (Lipinski definition) is 13. The normalized spacial score (nSPS) is 30.0. The molecule has 2 N–H and O–H groups in total. The molecule has 0 aromatic heterocycles. The Kier molecular flexibility index (Phi) is 15.2. The number of hydrogen-bond donors (Lipinski definition) is 1. The number of nitrogens with zero attached hydrogens (tertiary/aromatic N) is 3. The Morgan fingerprint density at radius 3 is 2.40 bits per heavy atom. The number of Topliss-reactive ketones (excluding diaryl/α,β-unsaturated/α-hetero) is 1. The Morgan fingerprint density at radius 1 is 0.962 bits per heavy atom. The van der Waals surface area contributed by atoms with Gasteiger partial charge in [-0.2, -0.15) is 0 Å². The highest BCUT2D eigenvalue weighted by atomic mass is 16.8. The SMILES string of the molecule is CC[C@@H](OC(=O)CCC(C)=O)[C@@H]1O[C@@H](OC2C(N)C(OCCCCCN=[N+]=[N-])OC3COC(c4ccccc4)OC32)C(OC(=O)c2ccccc2)[C@@H]1C. The van der Waals surface area contributed by atoms with Crippen molar-refractivity contribution >= 4 is 17.7 Å². The van der Waals surface area contributed by atoms with Gasteiger partial charge in [0.25, 0.3) is 0 Å². The molecule has 11 atom stereocenters. The Bertz CT molecular complexity index is 1530. The minimum Gasteiger partial charge on any atom is -0.460 e. The van der Waals surface area contributed by atoms with E-state index >= 15 is 0 Å². The van der Waals surface area contributed by atoms with Crippen molar-refractivity contribution in [2.75, 3.05) is 19.8 Å². The van der Waals surface area contributed by atoms with Crippen LogP contribution in [0.2, 0.25) is 0 Å². The Morgan fingerprint density at radius 2 is 1.70 bits per heavy atom. The van der Waals surface area contributed by atoms with Gasteiger partial charge in [0, 0.05) is 36.0 Å². The summed E-state index contributed by atoms with van der Waals surface area (Å²) in [6.07, 6.45) is -4.82. The van der Waals surface area contributed by atoms with Gasteiger partial charge in [0.2, 0.25) is 0 Å². The smallest absolute Gasteiger partial charge is 0.338 e. The molecule has 2 aromatic carbocycles. The summed E-state index contributed by atoms with van der Waals surface area (Å²) in [6, 6.07) is 17.2. The predicted octanol–water partition coefficient (Wildman–Crippen LogP) is 5.31. The lowest BCUT2D eigenvalue weighted by Gasteiger charge is -2.48. The summed E-state index contributed by atoms with van der Waals surface area (Å²) >= 11 is 0. The van der Waals surface area contributed by atoms with Crippen molar-refractivity contribution in [3.8, 4) is 0 Å². The Hall–Kier alpha value is -3.92. The number of ether oxygens (including phenoxy) is 8. The lowest BCUT2D eigenvalue weighted by Crippen LogP contribution is -2.66. The highest BCUT2D eigenvalue weighted by Gasteiger charge is 2.55. The number of azide groups is 1. The zero-order valence-electron chi connectivity index (χ0n) is 30.4. The van der Waals surface area contributed by atoms with Gasteiger partial charge in [0.15, 0.2) is 25.0 Å². The average Bonchev–Trinajstić information content (AvgIpc) is 3.47. The first-order valence-electron chi connectivity index (χ1n) is 18.3. The molecule has 15 heteroatoms. The van der Waals surface area contributed by atoms with Crippen LogP contribution >= 0.6 is 0 Å². The van der Waals surface area contributed by atoms with Gasteiger partial charge in [-0.05, 0) is 43.9 Å². The number of benzene rings is 2. The van der Waals surface area contributed by atoms with E-state index in [2.05, 4.69) is 10.0 Å². The molecule has 53 heavy (non-hydrogen) atoms. The largest absolute Gasteiger partial charge is 0.460 e. The molecule has 5 rings (SSSR count). The minimum absolute atomic E-state index is 0.0591. The first kappa shape index (κ1) is 40.3. The van der Waals surface area contributed by atoms with Gasteiger partial charge in [0.1, 0.15) is 36.3 Å². The quantitative estimate of drug-likeness (QED) is 0.0680. The molecule has 3 aliphatic heterocycles. The fourth-order valence-corrected chi connectivity index (χ4v) is 6.70. The summed E-state index contributed by atoms with van der Waals surface area (Å²) in [6.45, 7) is 6.01. The lowest BCUT2D eigenvalue weighted by molar-refractivity contribution is -0.360. The topological polar surface area (TPSA) is 200 Å². The van der Waals surface area contributed by atoms with Crippen LogP contribution in [0, 0.1) is 5.92 Å². The van der Waals surface area contributed by atoms with Gasteiger partial charge >= 0.3 is 11.9 Å². The maximum Gasteiger partial charge on any atom is 0.338 e. The molecule has 3 saturated heterocycles. The van der Waals surface area contributed by atoms with Crippen LogP contribution in [0.3, 0.4) is 0 Å². The van der Waals surface area contributed by atoms with E-state index in [1.807, 2.05) is 44.2 Å². The molecule has 0 saturated carbocycles. The number of rotatable bonds is 18. The molecule has 15 nitrogen and oxygen atoms in total. The van der Waals surface area contributed by atoms with E-state index < -0.39 is 79.4 Å². The van der Waals surface area contributed by atoms with Crippen LogP contribution in [-0.2, 0) is 47.5 Å². The second-order valence-electron chi connectivity index (χ2n) is 13.5. The van der Waals surface area contributed by atoms with Gasteiger partial charge in [-0.1, -0.05) is 73.9 Å². The van der Waals surface area contributed by atoms with E-state index in [-0.39, 0.29) is 25.2 Å². The highest BCUT2D eigenvalue weighted by molar-refractivity contribution is 5.89. The number of fused-ring (bicyclic) bond motifs is 1. The van der Waals surface area contributed by atoms with Crippen molar-refractivity contribution in [3.63, 3.8) is 0 Å². The summed E-state index contributed by atoms with van der Waals surface area (Å²) in [5.41, 5.74) is 16.6. The van der Waals surface area contributed by atoms with Crippen molar-refractivity contribution in [1.29, 1.82) is 0 Å². The second kappa shape index (κ2) is 20.0. The molecule has 0 amide bonds. The summed E-state index contributed by atoms with van der Waals surface area (Å²) < 4.78 is 50.2. The number of unbranched alkanes of at least 4 members (excludes halogenated alkanes) is 2. The van der Waals surface area contributed by atoms with Crippen molar-refractivity contribution in [2.45, 2.75) is 121 Å². The van der Waals surface area contributed by atoms with Crippen LogP contribution in [0.1, 0.15) is 81.5 Å². The zero-order chi connectivity index (χ0) is 37.7. The maximum atomic E-state index is 13.5. The van der Waals surface area contributed by atoms with Crippen LogP contribution in [0.15, 0.2) is 65.8 Å². The van der Waals surface area contributed by atoms with Crippen molar-refractivity contribution in [2.24, 2.45) is 16.8 Å². The van der Waals surface area contributed by atoms with E-state index in [1.165, 1.54) is 6.92 Å². The lowest BCUT2D eigenvalue weighted by atomic mass is 9.94. The van der Waals surface area contributed by atoms with Gasteiger partial charge in [-0.25, -0.2) is 4.79 Å². The molecular formula is C38H50N4O11. The molecule has 7 unspecified atom stereocenters. The minimum atomic E-state index is -1.15. The standard InChI is InChI=1S/C38H50N4O11/c1-4-27(48-29(44)19-18-23(2)43)31-24(3)32(50-35(45)25-14-8-5-9-15-25)38(51-31)53-34-30(39)37(46-21-13-7-12-20-41-42-40)49-28-22-47-36(52-33(28)34)26-16-10-6-11-17-26/h5-6,8-11,14-17,24,27-28,30-34,36-38H,4,7,12-13,18-22,39H2,1-3H3/t24-,27-,28?,30?,31-,32?,33?,34?,36?,37?,38+/m1/s1. The van der Waals surface area contributed by atoms with Crippen LogP contribution in [-0.4, -0.2) is 92.7 Å². The summed E-state index contributed by atoms with van der Waals surface area (Å²) in [4.78, 5) is 40.5. The third kappa shape index (κ3) is 10.8. The summed E-state index contributed by atoms with van der Waals surface area (Å²) in [7, 11) is 0. The molecule has 0 bridgehead atoms. The molecule has 0 radical (unpaired) electrons. The Labute approximate surface area is 309 Å². The van der Waals surface area contributed by atoms with E-state index in [1.54, 1.807) is 30.3 Å². The molecule has 0 spiro atoms. The van der Waals surface area contributed by atoms with E-state index in [9.17, 15) is 14.4 Å². The highest BCUT2D eigenvalue weighted by Crippen LogP contribution is 2.40. The van der Waals surface area contributed by atoms with Crippen LogP contribution in [0.25, 0.3) is 10.4 Å². The van der Waals surface area contributed by atoms with Crippen LogP contribution < -0.4 is 5.73 Å². The Balaban J connectivity index is 1.38. The van der Waals surface area contributed by atoms with E-state index in [0.29, 0.717) is 31.6 Å². The van der Waals surface area contributed by atoms with E-state index in [0.717, 1.165) is 18.4 Å². The number of ketones is 1. The predicted molar refractivity (Wildman–Crippen MR) is 189 cm³/mol. The van der Waals surface area contributed by atoms with Crippen molar-refractivity contribution in [1.82, 2.24) is 0 Å². The first-order valence-corrected chi connectivity index (χ1v) is 18.3. The van der Waals surface area contributed by atoms with Crippen LogP contribution in [0.5, 0.6) is 0 Å². The average molecular weight is 739 g/mol. The molecule has 3 heterocycles. The first-order chi connectivity index (χ1) is 25.7. The number of carbonyl (C=O) groups is 3. The monoisotopic (exact) mass is 738 g/mol. The number of nitrogens with two attached hydrogens (primary N) is 1. The van der Waals surface area contributed by atoms with Crippen LogP contribution in [0.4, 0.5) is 0 Å². The van der Waals surface area contributed by atoms with Crippen molar-refractivity contribution in [3.05, 3.63) is 82.2 Å². The van der Waals surface area contributed by atoms with Gasteiger partial charge < -0.3 is 48.4 Å². The summed E-state index contributed by atoms with van der Waals surface area (Å²) in [5, 5.41) is 3.57. The summed E-state index contributed by atoms with van der Waals surface area (Å²) in [5.74, 6) is -1.71. The second-order valence-corrected chi connectivity index (χ2v) is 13.5.